The molecule has 0 radical (unpaired) electrons. The highest BCUT2D eigenvalue weighted by molar-refractivity contribution is 5.92. The maximum Gasteiger partial charge on any atom is 0.271 e. The molecule has 0 aliphatic rings. The molecule has 2 N–H and O–H groups in total. The highest BCUT2D eigenvalue weighted by Crippen LogP contribution is 1.99. The Morgan fingerprint density at radius 3 is 2.90 bits per heavy atom. The van der Waals surface area contributed by atoms with Crippen molar-refractivity contribution in [3.05, 3.63) is 28.2 Å². The van der Waals surface area contributed by atoms with E-state index >= 15 is 0 Å². The first-order valence-electron chi connectivity index (χ1n) is 6.61. The fraction of sp³-hybridized carbons (Fsp3) is 0.615. The topological polar surface area (TPSA) is 93.5 Å². The molecule has 0 spiro atoms. The molecule has 0 fully saturated rings. The van der Waals surface area contributed by atoms with Gasteiger partial charge in [0.25, 0.3) is 11.5 Å². The average molecular weight is 283 g/mol. The molecule has 1 aromatic heterocycles. The largest absolute Gasteiger partial charge is 0.396 e. The number of nitrogens with one attached hydrogen (secondary N) is 1. The molecule has 1 atom stereocenters. The van der Waals surface area contributed by atoms with Crippen LogP contribution in [-0.4, -0.2) is 47.2 Å². The summed E-state index contributed by atoms with van der Waals surface area (Å²) in [4.78, 5) is 23.6. The van der Waals surface area contributed by atoms with E-state index < -0.39 is 0 Å². The van der Waals surface area contributed by atoms with Crippen LogP contribution in [0, 0.1) is 0 Å². The van der Waals surface area contributed by atoms with E-state index in [-0.39, 0.29) is 29.8 Å². The number of hydrogen-bond donors (Lipinski definition) is 2. The predicted molar refractivity (Wildman–Crippen MR) is 73.6 cm³/mol. The Morgan fingerprint density at radius 2 is 2.30 bits per heavy atom. The summed E-state index contributed by atoms with van der Waals surface area (Å²) in [5.74, 6) is -0.350. The number of aliphatic hydroxyl groups excluding tert-OH is 1. The van der Waals surface area contributed by atoms with Crippen molar-refractivity contribution < 1.29 is 14.6 Å². The Kier molecular flexibility index (Phi) is 6.89. The molecular weight excluding hydrogens is 262 g/mol. The minimum atomic E-state index is -0.350. The zero-order chi connectivity index (χ0) is 15.0. The van der Waals surface area contributed by atoms with Crippen LogP contribution in [0.3, 0.4) is 0 Å². The third-order valence-corrected chi connectivity index (χ3v) is 2.91. The van der Waals surface area contributed by atoms with Crippen LogP contribution in [0.4, 0.5) is 0 Å². The van der Waals surface area contributed by atoms with Gasteiger partial charge in [-0.05, 0) is 18.9 Å². The van der Waals surface area contributed by atoms with Crippen LogP contribution >= 0.6 is 0 Å². The van der Waals surface area contributed by atoms with Gasteiger partial charge in [0.05, 0.1) is 13.2 Å². The van der Waals surface area contributed by atoms with Crippen LogP contribution in [0.5, 0.6) is 0 Å². The molecule has 1 heterocycles. The maximum atomic E-state index is 12.0. The van der Waals surface area contributed by atoms with Crippen LogP contribution in [0.1, 0.15) is 30.3 Å². The maximum absolute atomic E-state index is 12.0. The highest BCUT2D eigenvalue weighted by Gasteiger charge is 2.14. The summed E-state index contributed by atoms with van der Waals surface area (Å²) in [5.41, 5.74) is -0.0990. The van der Waals surface area contributed by atoms with Gasteiger partial charge in [0.15, 0.2) is 0 Å². The van der Waals surface area contributed by atoms with Crippen molar-refractivity contribution in [2.24, 2.45) is 0 Å². The Balaban J connectivity index is 2.79. The molecule has 1 rings (SSSR count). The first-order chi connectivity index (χ1) is 9.62. The van der Waals surface area contributed by atoms with Crippen molar-refractivity contribution in [1.82, 2.24) is 15.1 Å². The molecule has 112 valence electrons. The van der Waals surface area contributed by atoms with E-state index in [1.54, 1.807) is 0 Å². The second kappa shape index (κ2) is 8.44. The van der Waals surface area contributed by atoms with Crippen LogP contribution in [0.15, 0.2) is 16.9 Å². The summed E-state index contributed by atoms with van der Waals surface area (Å²) < 4.78 is 6.09. The number of hydrogen-bond acceptors (Lipinski definition) is 5. The number of aliphatic hydroxyl groups is 1. The van der Waals surface area contributed by atoms with Gasteiger partial charge in [-0.25, -0.2) is 4.68 Å². The second-order valence-electron chi connectivity index (χ2n) is 4.36. The van der Waals surface area contributed by atoms with E-state index in [0.717, 1.165) is 6.42 Å². The van der Waals surface area contributed by atoms with Gasteiger partial charge in [-0.3, -0.25) is 9.59 Å². The summed E-state index contributed by atoms with van der Waals surface area (Å²) in [6.45, 7) is 2.58. The monoisotopic (exact) mass is 283 g/mol. The van der Waals surface area contributed by atoms with E-state index in [9.17, 15) is 9.59 Å². The van der Waals surface area contributed by atoms with Crippen molar-refractivity contribution in [1.29, 1.82) is 0 Å². The molecule has 0 bridgehead atoms. The molecule has 0 aliphatic heterocycles. The number of methoxy groups -OCH3 is 1. The minimum Gasteiger partial charge on any atom is -0.396 e. The Labute approximate surface area is 117 Å². The number of ether oxygens (including phenoxy) is 1. The molecule has 1 unspecified atom stereocenters. The normalized spacial score (nSPS) is 12.2. The lowest BCUT2D eigenvalue weighted by Gasteiger charge is -2.15. The molecule has 20 heavy (non-hydrogen) atoms. The molecule has 0 aliphatic carbocycles. The first kappa shape index (κ1) is 16.3. The van der Waals surface area contributed by atoms with Gasteiger partial charge in [-0.2, -0.15) is 5.10 Å². The SMILES string of the molecule is CCC(CCO)NC(=O)c1ccc(=O)n(CCOC)n1. The van der Waals surface area contributed by atoms with Crippen molar-refractivity contribution in [2.45, 2.75) is 32.4 Å². The van der Waals surface area contributed by atoms with E-state index in [2.05, 4.69) is 10.4 Å². The van der Waals surface area contributed by atoms with Crippen molar-refractivity contribution >= 4 is 5.91 Å². The lowest BCUT2D eigenvalue weighted by Crippen LogP contribution is -2.37. The number of carbonyl (C=O) groups excluding carboxylic acids is 1. The Morgan fingerprint density at radius 1 is 1.55 bits per heavy atom. The first-order valence-corrected chi connectivity index (χ1v) is 6.61. The van der Waals surface area contributed by atoms with Crippen LogP contribution in [-0.2, 0) is 11.3 Å². The average Bonchev–Trinajstić information content (AvgIpc) is 2.45. The summed E-state index contributed by atoms with van der Waals surface area (Å²) in [6, 6.07) is 2.60. The van der Waals surface area contributed by atoms with Gasteiger partial charge in [0.2, 0.25) is 0 Å². The van der Waals surface area contributed by atoms with Gasteiger partial charge in [0, 0.05) is 25.8 Å². The summed E-state index contributed by atoms with van der Waals surface area (Å²) in [6.07, 6.45) is 1.21. The fourth-order valence-electron chi connectivity index (χ4n) is 1.70. The van der Waals surface area contributed by atoms with Gasteiger partial charge in [0.1, 0.15) is 5.69 Å². The van der Waals surface area contributed by atoms with E-state index in [0.29, 0.717) is 19.6 Å². The van der Waals surface area contributed by atoms with Crippen LogP contribution in [0.2, 0.25) is 0 Å². The molecule has 0 saturated heterocycles. The third-order valence-electron chi connectivity index (χ3n) is 2.91. The molecule has 7 nitrogen and oxygen atoms in total. The number of amides is 1. The molecule has 7 heteroatoms. The predicted octanol–water partition coefficient (Wildman–Crippen LogP) is -0.219. The van der Waals surface area contributed by atoms with Crippen molar-refractivity contribution in [3.63, 3.8) is 0 Å². The fourth-order valence-corrected chi connectivity index (χ4v) is 1.70. The van der Waals surface area contributed by atoms with E-state index in [4.69, 9.17) is 9.84 Å². The molecule has 0 saturated carbocycles. The summed E-state index contributed by atoms with van der Waals surface area (Å²) >= 11 is 0. The zero-order valence-electron chi connectivity index (χ0n) is 11.8. The lowest BCUT2D eigenvalue weighted by atomic mass is 10.1. The smallest absolute Gasteiger partial charge is 0.271 e. The van der Waals surface area contributed by atoms with Gasteiger partial charge in [-0.1, -0.05) is 6.92 Å². The lowest BCUT2D eigenvalue weighted by molar-refractivity contribution is 0.0920. The number of aromatic nitrogens is 2. The summed E-state index contributed by atoms with van der Waals surface area (Å²) in [7, 11) is 1.53. The van der Waals surface area contributed by atoms with Gasteiger partial charge in [-0.15, -0.1) is 0 Å². The quantitative estimate of drug-likeness (QED) is 0.688. The number of rotatable bonds is 8. The van der Waals surface area contributed by atoms with E-state index in [1.165, 1.54) is 23.9 Å². The van der Waals surface area contributed by atoms with Gasteiger partial charge < -0.3 is 15.2 Å². The molecule has 0 aromatic carbocycles. The Hall–Kier alpha value is -1.73. The second-order valence-corrected chi connectivity index (χ2v) is 4.36. The van der Waals surface area contributed by atoms with Crippen LogP contribution in [0.25, 0.3) is 0 Å². The zero-order valence-corrected chi connectivity index (χ0v) is 11.8. The third kappa shape index (κ3) is 4.75. The molecule has 1 amide bonds. The number of nitrogens with zero attached hydrogens (tertiary/aromatic N) is 2. The summed E-state index contributed by atoms with van der Waals surface area (Å²) in [5, 5.41) is 15.7. The Bertz CT molecular complexity index is 487. The van der Waals surface area contributed by atoms with Gasteiger partial charge >= 0.3 is 0 Å². The standard InChI is InChI=1S/C13H21N3O4/c1-3-10(6-8-17)14-13(19)11-4-5-12(18)16(15-11)7-9-20-2/h4-5,10,17H,3,6-9H2,1-2H3,(H,14,19). The van der Waals surface area contributed by atoms with Crippen molar-refractivity contribution in [3.8, 4) is 0 Å². The molecule has 1 aromatic rings. The highest BCUT2D eigenvalue weighted by atomic mass is 16.5. The minimum absolute atomic E-state index is 0.0134. The van der Waals surface area contributed by atoms with Crippen molar-refractivity contribution in [2.75, 3.05) is 20.3 Å². The molecular formula is C13H21N3O4. The number of carbonyl (C=O) groups is 1. The van der Waals surface area contributed by atoms with E-state index in [1.807, 2.05) is 6.92 Å². The van der Waals surface area contributed by atoms with Crippen LogP contribution < -0.4 is 10.9 Å².